The fraction of sp³-hybridized carbons (Fsp3) is 0.769. The van der Waals surface area contributed by atoms with Crippen molar-refractivity contribution in [1.82, 2.24) is 15.1 Å². The highest BCUT2D eigenvalue weighted by Gasteiger charge is 2.15. The van der Waals surface area contributed by atoms with Crippen molar-refractivity contribution in [3.8, 4) is 0 Å². The molecule has 0 aromatic carbocycles. The number of aromatic nitrogens is 2. The van der Waals surface area contributed by atoms with Gasteiger partial charge in [0.15, 0.2) is 0 Å². The molecule has 1 heterocycles. The molecule has 1 N–H and O–H groups in total. The van der Waals surface area contributed by atoms with Crippen molar-refractivity contribution in [1.29, 1.82) is 0 Å². The third-order valence-electron chi connectivity index (χ3n) is 2.77. The number of nitrogens with one attached hydrogen (secondary N) is 1. The van der Waals surface area contributed by atoms with Crippen LogP contribution in [0.3, 0.4) is 0 Å². The number of aryl methyl sites for hydroxylation is 2. The molecule has 0 saturated carbocycles. The zero-order chi connectivity index (χ0) is 12.7. The Morgan fingerprint density at radius 2 is 2.18 bits per heavy atom. The zero-order valence-corrected chi connectivity index (χ0v) is 11.5. The Balaban J connectivity index is 2.69. The Morgan fingerprint density at radius 1 is 1.41 bits per heavy atom. The molecule has 0 bridgehead atoms. The van der Waals surface area contributed by atoms with E-state index in [9.17, 15) is 0 Å². The van der Waals surface area contributed by atoms with Gasteiger partial charge in [0, 0.05) is 13.7 Å². The van der Waals surface area contributed by atoms with Crippen LogP contribution in [0.4, 0.5) is 0 Å². The molecule has 0 aliphatic carbocycles. The van der Waals surface area contributed by atoms with Crippen LogP contribution in [0.15, 0.2) is 6.07 Å². The summed E-state index contributed by atoms with van der Waals surface area (Å²) in [5.41, 5.74) is 2.35. The Morgan fingerprint density at radius 3 is 2.71 bits per heavy atom. The molecule has 1 rings (SSSR count). The monoisotopic (exact) mass is 239 g/mol. The highest BCUT2D eigenvalue weighted by molar-refractivity contribution is 5.14. The third kappa shape index (κ3) is 4.13. The minimum atomic E-state index is 0.240. The Kier molecular flexibility index (Phi) is 6.22. The number of hydrogen-bond donors (Lipinski definition) is 1. The van der Waals surface area contributed by atoms with Gasteiger partial charge in [-0.25, -0.2) is 0 Å². The summed E-state index contributed by atoms with van der Waals surface area (Å²) in [6.07, 6.45) is 2.03. The molecule has 1 unspecified atom stereocenters. The van der Waals surface area contributed by atoms with Gasteiger partial charge in [0.2, 0.25) is 0 Å². The molecule has 0 saturated heterocycles. The standard InChI is InChI=1S/C13H25N3O/c1-5-8-17-10-12(14-7-3)13-9-11(6-2)15-16(13)4/h9,12,14H,5-8,10H2,1-4H3. The molecule has 98 valence electrons. The maximum absolute atomic E-state index is 5.65. The molecule has 0 aliphatic heterocycles. The number of likely N-dealkylation sites (N-methyl/N-ethyl adjacent to an activating group) is 1. The molecule has 0 amide bonds. The van der Waals surface area contributed by atoms with E-state index in [-0.39, 0.29) is 6.04 Å². The van der Waals surface area contributed by atoms with Crippen molar-refractivity contribution in [2.24, 2.45) is 7.05 Å². The average Bonchev–Trinajstić information content (AvgIpc) is 2.70. The maximum Gasteiger partial charge on any atom is 0.0729 e. The summed E-state index contributed by atoms with van der Waals surface area (Å²) < 4.78 is 7.61. The molecule has 17 heavy (non-hydrogen) atoms. The largest absolute Gasteiger partial charge is 0.379 e. The molecule has 4 heteroatoms. The van der Waals surface area contributed by atoms with Gasteiger partial charge in [0.1, 0.15) is 0 Å². The van der Waals surface area contributed by atoms with Gasteiger partial charge in [-0.15, -0.1) is 0 Å². The first-order valence-electron chi connectivity index (χ1n) is 6.56. The van der Waals surface area contributed by atoms with E-state index >= 15 is 0 Å². The Bertz CT molecular complexity index is 322. The summed E-state index contributed by atoms with van der Waals surface area (Å²) >= 11 is 0. The van der Waals surface area contributed by atoms with Crippen LogP contribution in [0.2, 0.25) is 0 Å². The van der Waals surface area contributed by atoms with Crippen molar-refractivity contribution in [2.75, 3.05) is 19.8 Å². The molecule has 0 fully saturated rings. The van der Waals surface area contributed by atoms with Crippen molar-refractivity contribution < 1.29 is 4.74 Å². The first-order valence-corrected chi connectivity index (χ1v) is 6.56. The average molecular weight is 239 g/mol. The van der Waals surface area contributed by atoms with Gasteiger partial charge in [-0.1, -0.05) is 20.8 Å². The van der Waals surface area contributed by atoms with E-state index in [0.717, 1.165) is 31.7 Å². The Hall–Kier alpha value is -0.870. The Labute approximate surface area is 104 Å². The van der Waals surface area contributed by atoms with Crippen LogP contribution < -0.4 is 5.32 Å². The van der Waals surface area contributed by atoms with Gasteiger partial charge in [0.25, 0.3) is 0 Å². The van der Waals surface area contributed by atoms with Crippen molar-refractivity contribution in [3.63, 3.8) is 0 Å². The molecular weight excluding hydrogens is 214 g/mol. The minimum Gasteiger partial charge on any atom is -0.379 e. The van der Waals surface area contributed by atoms with Gasteiger partial charge in [-0.2, -0.15) is 5.10 Å². The van der Waals surface area contributed by atoms with E-state index in [0.29, 0.717) is 6.61 Å². The smallest absolute Gasteiger partial charge is 0.0729 e. The van der Waals surface area contributed by atoms with Crippen LogP contribution in [0.25, 0.3) is 0 Å². The van der Waals surface area contributed by atoms with Crippen molar-refractivity contribution in [3.05, 3.63) is 17.5 Å². The van der Waals surface area contributed by atoms with Gasteiger partial charge >= 0.3 is 0 Å². The van der Waals surface area contributed by atoms with Crippen LogP contribution >= 0.6 is 0 Å². The quantitative estimate of drug-likeness (QED) is 0.706. The molecule has 0 spiro atoms. The predicted molar refractivity (Wildman–Crippen MR) is 70.1 cm³/mol. The summed E-state index contributed by atoms with van der Waals surface area (Å²) in [7, 11) is 2.00. The van der Waals surface area contributed by atoms with Gasteiger partial charge < -0.3 is 10.1 Å². The number of nitrogens with zero attached hydrogens (tertiary/aromatic N) is 2. The fourth-order valence-electron chi connectivity index (χ4n) is 1.88. The lowest BCUT2D eigenvalue weighted by molar-refractivity contribution is 0.110. The number of hydrogen-bond acceptors (Lipinski definition) is 3. The normalized spacial score (nSPS) is 12.9. The van der Waals surface area contributed by atoms with E-state index < -0.39 is 0 Å². The molecule has 0 aliphatic rings. The second kappa shape index (κ2) is 7.45. The first-order chi connectivity index (χ1) is 8.22. The van der Waals surface area contributed by atoms with Crippen LogP contribution in [0, 0.1) is 0 Å². The highest BCUT2D eigenvalue weighted by atomic mass is 16.5. The summed E-state index contributed by atoms with van der Waals surface area (Å²) in [6, 6.07) is 2.41. The lowest BCUT2D eigenvalue weighted by atomic mass is 10.2. The molecule has 1 aromatic rings. The maximum atomic E-state index is 5.65. The predicted octanol–water partition coefficient (Wildman–Crippen LogP) is 2.06. The van der Waals surface area contributed by atoms with E-state index in [2.05, 4.69) is 37.3 Å². The first kappa shape index (κ1) is 14.2. The molecule has 0 radical (unpaired) electrons. The van der Waals surface area contributed by atoms with Gasteiger partial charge in [-0.05, 0) is 25.5 Å². The topological polar surface area (TPSA) is 39.1 Å². The second-order valence-corrected chi connectivity index (χ2v) is 4.22. The van der Waals surface area contributed by atoms with E-state index in [1.807, 2.05) is 11.7 Å². The fourth-order valence-corrected chi connectivity index (χ4v) is 1.88. The van der Waals surface area contributed by atoms with E-state index in [1.54, 1.807) is 0 Å². The van der Waals surface area contributed by atoms with Crippen LogP contribution in [0.5, 0.6) is 0 Å². The lowest BCUT2D eigenvalue weighted by Gasteiger charge is -2.18. The third-order valence-corrected chi connectivity index (χ3v) is 2.77. The summed E-state index contributed by atoms with van der Waals surface area (Å²) in [5.74, 6) is 0. The van der Waals surface area contributed by atoms with Crippen molar-refractivity contribution in [2.45, 2.75) is 39.7 Å². The summed E-state index contributed by atoms with van der Waals surface area (Å²) in [6.45, 7) is 8.84. The SMILES string of the molecule is CCCOCC(NCC)c1cc(CC)nn1C. The molecule has 4 nitrogen and oxygen atoms in total. The highest BCUT2D eigenvalue weighted by Crippen LogP contribution is 2.15. The molecule has 1 atom stereocenters. The number of ether oxygens (including phenoxy) is 1. The van der Waals surface area contributed by atoms with Gasteiger partial charge in [0.05, 0.1) is 24.0 Å². The zero-order valence-electron chi connectivity index (χ0n) is 11.5. The van der Waals surface area contributed by atoms with Crippen LogP contribution in [0.1, 0.15) is 44.6 Å². The summed E-state index contributed by atoms with van der Waals surface area (Å²) in [5, 5.41) is 7.93. The van der Waals surface area contributed by atoms with Crippen molar-refractivity contribution >= 4 is 0 Å². The minimum absolute atomic E-state index is 0.240. The van der Waals surface area contributed by atoms with Gasteiger partial charge in [-0.3, -0.25) is 4.68 Å². The number of rotatable bonds is 8. The second-order valence-electron chi connectivity index (χ2n) is 4.22. The summed E-state index contributed by atoms with van der Waals surface area (Å²) in [4.78, 5) is 0. The lowest BCUT2D eigenvalue weighted by Crippen LogP contribution is -2.27. The van der Waals surface area contributed by atoms with E-state index in [4.69, 9.17) is 4.74 Å². The van der Waals surface area contributed by atoms with Crippen LogP contribution in [-0.4, -0.2) is 29.5 Å². The molecular formula is C13H25N3O. The molecule has 1 aromatic heterocycles. The van der Waals surface area contributed by atoms with Crippen LogP contribution in [-0.2, 0) is 18.2 Å². The van der Waals surface area contributed by atoms with E-state index in [1.165, 1.54) is 5.69 Å².